The summed E-state index contributed by atoms with van der Waals surface area (Å²) in [6.45, 7) is 0. The van der Waals surface area contributed by atoms with E-state index in [-0.39, 0.29) is 6.04 Å². The summed E-state index contributed by atoms with van der Waals surface area (Å²) in [7, 11) is 0. The Bertz CT molecular complexity index is 599. The maximum atomic E-state index is 6.19. The van der Waals surface area contributed by atoms with E-state index in [1.54, 1.807) is 0 Å². The number of benzene rings is 2. The zero-order chi connectivity index (χ0) is 14.7. The fourth-order valence-electron chi connectivity index (χ4n) is 1.93. The van der Waals surface area contributed by atoms with Gasteiger partial charge in [0.25, 0.3) is 0 Å². The van der Waals surface area contributed by atoms with E-state index < -0.39 is 0 Å². The van der Waals surface area contributed by atoms with Gasteiger partial charge in [-0.25, -0.2) is 0 Å². The summed E-state index contributed by atoms with van der Waals surface area (Å²) >= 11 is 20.7. The first kappa shape index (κ1) is 16.3. The summed E-state index contributed by atoms with van der Waals surface area (Å²) in [5, 5.41) is 1.97. The summed E-state index contributed by atoms with van der Waals surface area (Å²) in [6.07, 6.45) is 0.589. The van der Waals surface area contributed by atoms with Crippen LogP contribution in [0.25, 0.3) is 0 Å². The molecule has 0 saturated heterocycles. The number of nitrogens with one attached hydrogen (secondary N) is 1. The summed E-state index contributed by atoms with van der Waals surface area (Å²) in [5.41, 5.74) is 4.65. The van der Waals surface area contributed by atoms with Crippen LogP contribution in [0, 0.1) is 3.57 Å². The van der Waals surface area contributed by atoms with E-state index >= 15 is 0 Å². The van der Waals surface area contributed by atoms with Gasteiger partial charge in [0.1, 0.15) is 0 Å². The average Bonchev–Trinajstić information content (AvgIpc) is 2.42. The quantitative estimate of drug-likeness (QED) is 0.398. The van der Waals surface area contributed by atoms with Crippen molar-refractivity contribution < 1.29 is 0 Å². The average molecular weight is 442 g/mol. The van der Waals surface area contributed by atoms with Crippen molar-refractivity contribution >= 4 is 57.4 Å². The van der Waals surface area contributed by atoms with Crippen LogP contribution in [0.1, 0.15) is 17.2 Å². The van der Waals surface area contributed by atoms with Crippen LogP contribution in [0.3, 0.4) is 0 Å². The molecular formula is C14H12Cl3IN2. The molecule has 0 aliphatic carbocycles. The SMILES string of the molecule is NNC(Cc1c(Cl)cccc1Cl)c1ccc(I)c(Cl)c1. The van der Waals surface area contributed by atoms with Crippen molar-refractivity contribution in [1.82, 2.24) is 5.43 Å². The van der Waals surface area contributed by atoms with Crippen molar-refractivity contribution in [2.24, 2.45) is 5.84 Å². The molecule has 0 radical (unpaired) electrons. The molecular weight excluding hydrogens is 429 g/mol. The van der Waals surface area contributed by atoms with Crippen molar-refractivity contribution in [3.8, 4) is 0 Å². The van der Waals surface area contributed by atoms with Gasteiger partial charge < -0.3 is 0 Å². The molecule has 0 aliphatic rings. The monoisotopic (exact) mass is 440 g/mol. The lowest BCUT2D eigenvalue weighted by atomic mass is 9.99. The van der Waals surface area contributed by atoms with Gasteiger partial charge in [0, 0.05) is 13.6 Å². The maximum absolute atomic E-state index is 6.19. The Morgan fingerprint density at radius 2 is 1.70 bits per heavy atom. The largest absolute Gasteiger partial charge is 0.271 e. The minimum Gasteiger partial charge on any atom is -0.271 e. The molecule has 1 unspecified atom stereocenters. The predicted octanol–water partition coefficient (Wildman–Crippen LogP) is 5.00. The highest BCUT2D eigenvalue weighted by Crippen LogP contribution is 2.30. The van der Waals surface area contributed by atoms with Crippen molar-refractivity contribution in [3.63, 3.8) is 0 Å². The van der Waals surface area contributed by atoms with Gasteiger partial charge in [-0.1, -0.05) is 46.9 Å². The smallest absolute Gasteiger partial charge is 0.0542 e. The Labute approximate surface area is 146 Å². The molecule has 0 aliphatic heterocycles. The standard InChI is InChI=1S/C14H12Cl3IN2/c15-10-2-1-3-11(16)9(10)7-14(20-19)8-4-5-13(18)12(17)6-8/h1-6,14,20H,7,19H2. The van der Waals surface area contributed by atoms with Crippen LogP contribution in [0.2, 0.25) is 15.1 Å². The fraction of sp³-hybridized carbons (Fsp3) is 0.143. The third-order valence-corrected chi connectivity index (χ3v) is 5.30. The molecule has 20 heavy (non-hydrogen) atoms. The molecule has 0 spiro atoms. The Morgan fingerprint density at radius 1 is 1.05 bits per heavy atom. The highest BCUT2D eigenvalue weighted by Gasteiger charge is 2.15. The van der Waals surface area contributed by atoms with E-state index in [4.69, 9.17) is 40.6 Å². The second-order valence-electron chi connectivity index (χ2n) is 4.30. The highest BCUT2D eigenvalue weighted by molar-refractivity contribution is 14.1. The van der Waals surface area contributed by atoms with Crippen LogP contribution in [0.5, 0.6) is 0 Å². The molecule has 0 saturated carbocycles. The number of halogens is 4. The zero-order valence-electron chi connectivity index (χ0n) is 10.3. The lowest BCUT2D eigenvalue weighted by molar-refractivity contribution is 0.552. The van der Waals surface area contributed by atoms with E-state index in [1.165, 1.54) is 0 Å². The molecule has 2 aromatic carbocycles. The van der Waals surface area contributed by atoms with Crippen molar-refractivity contribution in [1.29, 1.82) is 0 Å². The molecule has 0 aromatic heterocycles. The Kier molecular flexibility index (Phi) is 5.95. The van der Waals surface area contributed by atoms with E-state index in [9.17, 15) is 0 Å². The molecule has 0 amide bonds. The second kappa shape index (κ2) is 7.29. The van der Waals surface area contributed by atoms with Gasteiger partial charge >= 0.3 is 0 Å². The maximum Gasteiger partial charge on any atom is 0.0542 e. The molecule has 3 N–H and O–H groups in total. The second-order valence-corrected chi connectivity index (χ2v) is 6.68. The van der Waals surface area contributed by atoms with E-state index in [1.807, 2.05) is 36.4 Å². The van der Waals surface area contributed by atoms with Crippen LogP contribution < -0.4 is 11.3 Å². The van der Waals surface area contributed by atoms with Crippen LogP contribution in [-0.4, -0.2) is 0 Å². The van der Waals surface area contributed by atoms with Crippen molar-refractivity contribution in [2.45, 2.75) is 12.5 Å². The van der Waals surface area contributed by atoms with Gasteiger partial charge in [0.05, 0.1) is 11.1 Å². The summed E-state index contributed by atoms with van der Waals surface area (Å²) in [4.78, 5) is 0. The molecule has 2 rings (SSSR count). The predicted molar refractivity (Wildman–Crippen MR) is 94.4 cm³/mol. The topological polar surface area (TPSA) is 38.0 Å². The van der Waals surface area contributed by atoms with Gasteiger partial charge in [-0.2, -0.15) is 0 Å². The lowest BCUT2D eigenvalue weighted by Gasteiger charge is -2.18. The minimum atomic E-state index is -0.109. The van der Waals surface area contributed by atoms with Crippen molar-refractivity contribution in [3.05, 3.63) is 66.2 Å². The van der Waals surface area contributed by atoms with Gasteiger partial charge in [-0.3, -0.25) is 11.3 Å². The molecule has 1 atom stereocenters. The first-order chi connectivity index (χ1) is 9.52. The molecule has 106 valence electrons. The number of hydrogen-bond acceptors (Lipinski definition) is 2. The summed E-state index contributed by atoms with van der Waals surface area (Å²) < 4.78 is 1.000. The zero-order valence-corrected chi connectivity index (χ0v) is 14.8. The Morgan fingerprint density at radius 3 is 2.25 bits per heavy atom. The molecule has 2 nitrogen and oxygen atoms in total. The van der Waals surface area contributed by atoms with Gasteiger partial charge in [-0.05, 0) is 64.4 Å². The Hall–Kier alpha value is -0.0400. The first-order valence-corrected chi connectivity index (χ1v) is 8.08. The van der Waals surface area contributed by atoms with Crippen LogP contribution in [0.15, 0.2) is 36.4 Å². The minimum absolute atomic E-state index is 0.109. The third-order valence-electron chi connectivity index (χ3n) is 3.02. The summed E-state index contributed by atoms with van der Waals surface area (Å²) in [6, 6.07) is 11.2. The Balaban J connectivity index is 2.31. The summed E-state index contributed by atoms with van der Waals surface area (Å²) in [5.74, 6) is 5.66. The van der Waals surface area contributed by atoms with Crippen LogP contribution >= 0.6 is 57.4 Å². The molecule has 0 heterocycles. The van der Waals surface area contributed by atoms with Crippen LogP contribution in [0.4, 0.5) is 0 Å². The van der Waals surface area contributed by atoms with E-state index in [0.717, 1.165) is 14.7 Å². The van der Waals surface area contributed by atoms with Gasteiger partial charge in [0.15, 0.2) is 0 Å². The highest BCUT2D eigenvalue weighted by atomic mass is 127. The number of nitrogens with two attached hydrogens (primary N) is 1. The molecule has 2 aromatic rings. The van der Waals surface area contributed by atoms with Gasteiger partial charge in [0.2, 0.25) is 0 Å². The molecule has 6 heteroatoms. The van der Waals surface area contributed by atoms with Crippen LogP contribution in [-0.2, 0) is 6.42 Å². The lowest BCUT2D eigenvalue weighted by Crippen LogP contribution is -2.29. The van der Waals surface area contributed by atoms with E-state index in [2.05, 4.69) is 28.0 Å². The normalized spacial score (nSPS) is 12.4. The third kappa shape index (κ3) is 3.78. The number of rotatable bonds is 4. The molecule has 0 bridgehead atoms. The number of hydrogen-bond donors (Lipinski definition) is 2. The number of hydrazine groups is 1. The fourth-order valence-corrected chi connectivity index (χ4v) is 3.01. The molecule has 0 fully saturated rings. The van der Waals surface area contributed by atoms with Gasteiger partial charge in [-0.15, -0.1) is 0 Å². The van der Waals surface area contributed by atoms with Crippen molar-refractivity contribution in [2.75, 3.05) is 0 Å². The van der Waals surface area contributed by atoms with E-state index in [0.29, 0.717) is 21.5 Å². The first-order valence-electron chi connectivity index (χ1n) is 5.87.